The molecule has 0 amide bonds. The normalized spacial score (nSPS) is 23.0. The first-order valence-electron chi connectivity index (χ1n) is 7.37. The third-order valence-electron chi connectivity index (χ3n) is 4.29. The molecule has 1 aliphatic carbocycles. The smallest absolute Gasteiger partial charge is 0.123 e. The molecular formula is C16H23NO. The summed E-state index contributed by atoms with van der Waals surface area (Å²) in [5, 5.41) is 3.56. The topological polar surface area (TPSA) is 21.3 Å². The Morgan fingerprint density at radius 1 is 1.17 bits per heavy atom. The van der Waals surface area contributed by atoms with Crippen LogP contribution < -0.4 is 10.1 Å². The molecule has 3 rings (SSSR count). The highest BCUT2D eigenvalue weighted by molar-refractivity contribution is 5.37. The average molecular weight is 245 g/mol. The van der Waals surface area contributed by atoms with Gasteiger partial charge in [0.25, 0.3) is 0 Å². The van der Waals surface area contributed by atoms with Crippen LogP contribution in [-0.4, -0.2) is 19.2 Å². The largest absolute Gasteiger partial charge is 0.488 e. The fourth-order valence-corrected chi connectivity index (χ4v) is 3.24. The van der Waals surface area contributed by atoms with E-state index >= 15 is 0 Å². The molecule has 1 saturated carbocycles. The summed E-state index contributed by atoms with van der Waals surface area (Å²) in [5.74, 6) is 2.07. The Hall–Kier alpha value is -1.02. The van der Waals surface area contributed by atoms with Gasteiger partial charge in [-0.05, 0) is 30.5 Å². The van der Waals surface area contributed by atoms with Crippen LogP contribution in [0.5, 0.6) is 5.75 Å². The van der Waals surface area contributed by atoms with Gasteiger partial charge in [0.05, 0.1) is 0 Å². The van der Waals surface area contributed by atoms with Gasteiger partial charge in [0.1, 0.15) is 11.9 Å². The second-order valence-corrected chi connectivity index (χ2v) is 5.69. The Morgan fingerprint density at radius 2 is 2.00 bits per heavy atom. The highest BCUT2D eigenvalue weighted by Gasteiger charge is 2.21. The molecule has 1 fully saturated rings. The van der Waals surface area contributed by atoms with Crippen molar-refractivity contribution < 1.29 is 4.74 Å². The van der Waals surface area contributed by atoms with Gasteiger partial charge in [-0.25, -0.2) is 0 Å². The molecule has 2 aliphatic rings. The lowest BCUT2D eigenvalue weighted by atomic mass is 10.0. The molecule has 1 N–H and O–H groups in total. The summed E-state index contributed by atoms with van der Waals surface area (Å²) in [4.78, 5) is 0. The van der Waals surface area contributed by atoms with Gasteiger partial charge in [0, 0.05) is 13.0 Å². The average Bonchev–Trinajstić information content (AvgIpc) is 3.03. The van der Waals surface area contributed by atoms with E-state index in [0.717, 1.165) is 31.2 Å². The van der Waals surface area contributed by atoms with Crippen LogP contribution in [0.15, 0.2) is 24.3 Å². The van der Waals surface area contributed by atoms with Gasteiger partial charge in [-0.15, -0.1) is 0 Å². The zero-order valence-corrected chi connectivity index (χ0v) is 11.0. The summed E-state index contributed by atoms with van der Waals surface area (Å²) >= 11 is 0. The third-order valence-corrected chi connectivity index (χ3v) is 4.29. The first-order chi connectivity index (χ1) is 8.92. The molecule has 0 aromatic heterocycles. The number of para-hydroxylation sites is 1. The van der Waals surface area contributed by atoms with Gasteiger partial charge in [0.15, 0.2) is 0 Å². The Kier molecular flexibility index (Phi) is 3.84. The Balaban J connectivity index is 1.35. The maximum Gasteiger partial charge on any atom is 0.123 e. The molecule has 1 aromatic rings. The molecular weight excluding hydrogens is 222 g/mol. The number of benzene rings is 1. The third kappa shape index (κ3) is 2.86. The van der Waals surface area contributed by atoms with Crippen molar-refractivity contribution in [1.82, 2.24) is 5.32 Å². The number of hydrogen-bond donors (Lipinski definition) is 1. The zero-order valence-electron chi connectivity index (χ0n) is 11.0. The number of nitrogens with one attached hydrogen (secondary N) is 1. The van der Waals surface area contributed by atoms with E-state index in [2.05, 4.69) is 29.6 Å². The van der Waals surface area contributed by atoms with Crippen LogP contribution in [-0.2, 0) is 6.42 Å². The molecule has 98 valence electrons. The maximum atomic E-state index is 5.92. The Bertz CT molecular complexity index is 359. The van der Waals surface area contributed by atoms with Crippen LogP contribution in [0.1, 0.15) is 37.7 Å². The fraction of sp³-hybridized carbons (Fsp3) is 0.625. The number of ether oxygens (including phenoxy) is 1. The highest BCUT2D eigenvalue weighted by atomic mass is 16.5. The molecule has 18 heavy (non-hydrogen) atoms. The van der Waals surface area contributed by atoms with E-state index in [4.69, 9.17) is 4.74 Å². The minimum atomic E-state index is 0.339. The van der Waals surface area contributed by atoms with E-state index in [9.17, 15) is 0 Å². The van der Waals surface area contributed by atoms with Gasteiger partial charge < -0.3 is 10.1 Å². The van der Waals surface area contributed by atoms with Crippen LogP contribution in [0.4, 0.5) is 0 Å². The summed E-state index contributed by atoms with van der Waals surface area (Å²) in [7, 11) is 0. The molecule has 0 spiro atoms. The van der Waals surface area contributed by atoms with Crippen molar-refractivity contribution in [3.05, 3.63) is 29.8 Å². The van der Waals surface area contributed by atoms with Crippen molar-refractivity contribution in [2.24, 2.45) is 5.92 Å². The van der Waals surface area contributed by atoms with Crippen molar-refractivity contribution in [3.8, 4) is 5.75 Å². The number of hydrogen-bond acceptors (Lipinski definition) is 2. The van der Waals surface area contributed by atoms with Gasteiger partial charge in [-0.3, -0.25) is 0 Å². The quantitative estimate of drug-likeness (QED) is 0.805. The molecule has 1 atom stereocenters. The van der Waals surface area contributed by atoms with Crippen molar-refractivity contribution in [3.63, 3.8) is 0 Å². The van der Waals surface area contributed by atoms with Crippen molar-refractivity contribution in [2.45, 2.75) is 44.6 Å². The molecule has 1 aliphatic heterocycles. The van der Waals surface area contributed by atoms with Crippen LogP contribution >= 0.6 is 0 Å². The van der Waals surface area contributed by atoms with Crippen LogP contribution in [0.3, 0.4) is 0 Å². The maximum absolute atomic E-state index is 5.92. The molecule has 0 saturated heterocycles. The Morgan fingerprint density at radius 3 is 2.83 bits per heavy atom. The second-order valence-electron chi connectivity index (χ2n) is 5.69. The SMILES string of the molecule is c1ccc2c(c1)CC(CNCCC1CCCC1)O2. The molecule has 1 aromatic carbocycles. The van der Waals surface area contributed by atoms with E-state index in [1.807, 2.05) is 0 Å². The summed E-state index contributed by atoms with van der Waals surface area (Å²) in [6, 6.07) is 8.40. The first kappa shape index (κ1) is 12.0. The minimum Gasteiger partial charge on any atom is -0.488 e. The van der Waals surface area contributed by atoms with Gasteiger partial charge in [0.2, 0.25) is 0 Å². The van der Waals surface area contributed by atoms with Crippen LogP contribution in [0.25, 0.3) is 0 Å². The lowest BCUT2D eigenvalue weighted by Gasteiger charge is -2.13. The predicted molar refractivity (Wildman–Crippen MR) is 74.0 cm³/mol. The van der Waals surface area contributed by atoms with Crippen molar-refractivity contribution in [2.75, 3.05) is 13.1 Å². The van der Waals surface area contributed by atoms with Crippen LogP contribution in [0.2, 0.25) is 0 Å². The molecule has 0 bridgehead atoms. The minimum absolute atomic E-state index is 0.339. The number of fused-ring (bicyclic) bond motifs is 1. The summed E-state index contributed by atoms with van der Waals surface area (Å²) in [6.07, 6.45) is 8.55. The monoisotopic (exact) mass is 245 g/mol. The molecule has 1 unspecified atom stereocenters. The van der Waals surface area contributed by atoms with Crippen molar-refractivity contribution in [1.29, 1.82) is 0 Å². The molecule has 1 heterocycles. The second kappa shape index (κ2) is 5.75. The summed E-state index contributed by atoms with van der Waals surface area (Å²) in [6.45, 7) is 2.14. The zero-order chi connectivity index (χ0) is 12.2. The van der Waals surface area contributed by atoms with Crippen molar-refractivity contribution >= 4 is 0 Å². The van der Waals surface area contributed by atoms with Crippen LogP contribution in [0, 0.1) is 5.92 Å². The Labute approximate surface area is 110 Å². The van der Waals surface area contributed by atoms with E-state index < -0.39 is 0 Å². The van der Waals surface area contributed by atoms with Gasteiger partial charge in [-0.1, -0.05) is 43.9 Å². The summed E-state index contributed by atoms with van der Waals surface area (Å²) < 4.78 is 5.92. The lowest BCUT2D eigenvalue weighted by Crippen LogP contribution is -2.31. The van der Waals surface area contributed by atoms with E-state index in [1.54, 1.807) is 0 Å². The van der Waals surface area contributed by atoms with E-state index in [0.29, 0.717) is 6.10 Å². The lowest BCUT2D eigenvalue weighted by molar-refractivity contribution is 0.226. The van der Waals surface area contributed by atoms with E-state index in [1.165, 1.54) is 37.7 Å². The highest BCUT2D eigenvalue weighted by Crippen LogP contribution is 2.28. The summed E-state index contributed by atoms with van der Waals surface area (Å²) in [5.41, 5.74) is 1.36. The number of rotatable bonds is 5. The predicted octanol–water partition coefficient (Wildman–Crippen LogP) is 3.16. The van der Waals surface area contributed by atoms with Gasteiger partial charge in [-0.2, -0.15) is 0 Å². The molecule has 2 heteroatoms. The fourth-order valence-electron chi connectivity index (χ4n) is 3.24. The van der Waals surface area contributed by atoms with Gasteiger partial charge >= 0.3 is 0 Å². The first-order valence-corrected chi connectivity index (χ1v) is 7.37. The standard InChI is InChI=1S/C16H23NO/c1-2-6-13(5-1)9-10-17-12-15-11-14-7-3-4-8-16(14)18-15/h3-4,7-8,13,15,17H,1-2,5-6,9-12H2. The molecule has 2 nitrogen and oxygen atoms in total. The molecule has 0 radical (unpaired) electrons. The van der Waals surface area contributed by atoms with E-state index in [-0.39, 0.29) is 0 Å².